The van der Waals surface area contributed by atoms with Gasteiger partial charge in [0.05, 0.1) is 6.04 Å². The summed E-state index contributed by atoms with van der Waals surface area (Å²) in [6.07, 6.45) is 0.944. The molecule has 0 aliphatic carbocycles. The summed E-state index contributed by atoms with van der Waals surface area (Å²) in [6, 6.07) is 16.7. The predicted molar refractivity (Wildman–Crippen MR) is 97.8 cm³/mol. The van der Waals surface area contributed by atoms with Gasteiger partial charge >= 0.3 is 0 Å². The van der Waals surface area contributed by atoms with Crippen LogP contribution in [0.15, 0.2) is 54.6 Å². The van der Waals surface area contributed by atoms with Crippen molar-refractivity contribution in [3.63, 3.8) is 0 Å². The Morgan fingerprint density at radius 1 is 1.20 bits per heavy atom. The average molecular weight is 340 g/mol. The zero-order chi connectivity index (χ0) is 17.6. The maximum Gasteiger partial charge on any atom is 0.241 e. The molecular formula is C20H24N2O3. The molecule has 2 N–H and O–H groups in total. The number of nitrogens with one attached hydrogen (secondary N) is 1. The number of benzene rings is 2. The first-order valence-corrected chi connectivity index (χ1v) is 8.64. The maximum atomic E-state index is 12.4. The number of hydrogen-bond donors (Lipinski definition) is 2. The number of aliphatic hydroxyl groups is 1. The Balaban J connectivity index is 1.55. The molecule has 2 aromatic carbocycles. The normalized spacial score (nSPS) is 18.7. The van der Waals surface area contributed by atoms with E-state index in [1.165, 1.54) is 0 Å². The second-order valence-electron chi connectivity index (χ2n) is 6.44. The number of carbonyl (C=O) groups excluding carboxylic acids is 1. The molecule has 2 atom stereocenters. The van der Waals surface area contributed by atoms with E-state index in [1.807, 2.05) is 61.5 Å². The first-order valence-electron chi connectivity index (χ1n) is 8.64. The molecule has 5 heteroatoms. The van der Waals surface area contributed by atoms with Crippen LogP contribution in [0, 0.1) is 5.92 Å². The van der Waals surface area contributed by atoms with E-state index in [4.69, 9.17) is 4.74 Å². The molecule has 132 valence electrons. The van der Waals surface area contributed by atoms with E-state index in [0.717, 1.165) is 36.7 Å². The number of para-hydroxylation sites is 1. The molecule has 1 fully saturated rings. The highest BCUT2D eigenvalue weighted by Crippen LogP contribution is 2.23. The molecule has 25 heavy (non-hydrogen) atoms. The van der Waals surface area contributed by atoms with Crippen molar-refractivity contribution in [2.45, 2.75) is 19.4 Å². The zero-order valence-corrected chi connectivity index (χ0v) is 14.4. The van der Waals surface area contributed by atoms with Crippen LogP contribution in [0.2, 0.25) is 0 Å². The second-order valence-corrected chi connectivity index (χ2v) is 6.44. The van der Waals surface area contributed by atoms with Crippen molar-refractivity contribution in [2.24, 2.45) is 5.92 Å². The van der Waals surface area contributed by atoms with Crippen LogP contribution in [-0.4, -0.2) is 41.7 Å². The van der Waals surface area contributed by atoms with Crippen LogP contribution in [-0.2, 0) is 4.79 Å². The van der Waals surface area contributed by atoms with Crippen LogP contribution in [0.3, 0.4) is 0 Å². The fraction of sp³-hybridized carbons (Fsp3) is 0.350. The number of nitrogens with zero attached hydrogens (tertiary/aromatic N) is 1. The molecule has 0 bridgehead atoms. The summed E-state index contributed by atoms with van der Waals surface area (Å²) in [5.41, 5.74) is 0.746. The van der Waals surface area contributed by atoms with Crippen molar-refractivity contribution < 1.29 is 14.6 Å². The lowest BCUT2D eigenvalue weighted by atomic mass is 10.1. The SMILES string of the molecule is CC(C(=O)Nc1ccc(Oc2ccccc2)cc1)N1CCC(CO)C1. The molecule has 0 spiro atoms. The van der Waals surface area contributed by atoms with E-state index in [2.05, 4.69) is 10.2 Å². The molecule has 1 aliphatic rings. The van der Waals surface area contributed by atoms with Crippen molar-refractivity contribution in [2.75, 3.05) is 25.0 Å². The molecule has 5 nitrogen and oxygen atoms in total. The Bertz CT molecular complexity index is 688. The smallest absolute Gasteiger partial charge is 0.241 e. The molecule has 2 unspecified atom stereocenters. The van der Waals surface area contributed by atoms with E-state index >= 15 is 0 Å². The molecule has 0 aromatic heterocycles. The van der Waals surface area contributed by atoms with Crippen LogP contribution >= 0.6 is 0 Å². The Kier molecular flexibility index (Phi) is 5.68. The van der Waals surface area contributed by atoms with Gasteiger partial charge in [-0.05, 0) is 62.2 Å². The van der Waals surface area contributed by atoms with E-state index in [-0.39, 0.29) is 24.5 Å². The average Bonchev–Trinajstić information content (AvgIpc) is 3.13. The summed E-state index contributed by atoms with van der Waals surface area (Å²) in [5, 5.41) is 12.2. The minimum atomic E-state index is -0.211. The van der Waals surface area contributed by atoms with Gasteiger partial charge in [0.1, 0.15) is 11.5 Å². The number of amides is 1. The van der Waals surface area contributed by atoms with Gasteiger partial charge in [-0.15, -0.1) is 0 Å². The minimum Gasteiger partial charge on any atom is -0.457 e. The van der Waals surface area contributed by atoms with Crippen molar-refractivity contribution >= 4 is 11.6 Å². The van der Waals surface area contributed by atoms with Crippen LogP contribution in [0.1, 0.15) is 13.3 Å². The standard InChI is InChI=1S/C20H24N2O3/c1-15(22-12-11-16(13-22)14-23)20(24)21-17-7-9-19(10-8-17)25-18-5-3-2-4-6-18/h2-10,15-16,23H,11-14H2,1H3,(H,21,24). The third kappa shape index (κ3) is 4.59. The zero-order valence-electron chi connectivity index (χ0n) is 14.4. The van der Waals surface area contributed by atoms with Gasteiger partial charge in [-0.3, -0.25) is 9.69 Å². The summed E-state index contributed by atoms with van der Waals surface area (Å²) in [4.78, 5) is 14.5. The third-order valence-electron chi connectivity index (χ3n) is 4.60. The van der Waals surface area contributed by atoms with Crippen molar-refractivity contribution in [3.05, 3.63) is 54.6 Å². The van der Waals surface area contributed by atoms with Crippen LogP contribution < -0.4 is 10.1 Å². The number of hydrogen-bond acceptors (Lipinski definition) is 4. The number of rotatable bonds is 6. The van der Waals surface area contributed by atoms with Crippen molar-refractivity contribution in [1.29, 1.82) is 0 Å². The lowest BCUT2D eigenvalue weighted by molar-refractivity contribution is -0.120. The number of carbonyl (C=O) groups is 1. The molecule has 0 saturated carbocycles. The van der Waals surface area contributed by atoms with Gasteiger partial charge in [-0.1, -0.05) is 18.2 Å². The van der Waals surface area contributed by atoms with Crippen LogP contribution in [0.5, 0.6) is 11.5 Å². The molecule has 3 rings (SSSR count). The van der Waals surface area contributed by atoms with Gasteiger partial charge in [0.15, 0.2) is 0 Å². The predicted octanol–water partition coefficient (Wildman–Crippen LogP) is 3.12. The van der Waals surface area contributed by atoms with E-state index < -0.39 is 0 Å². The number of aliphatic hydroxyl groups excluding tert-OH is 1. The van der Waals surface area contributed by atoms with E-state index in [9.17, 15) is 9.90 Å². The fourth-order valence-electron chi connectivity index (χ4n) is 3.01. The highest BCUT2D eigenvalue weighted by molar-refractivity contribution is 5.94. The Hall–Kier alpha value is -2.37. The molecule has 1 heterocycles. The van der Waals surface area contributed by atoms with Crippen LogP contribution in [0.25, 0.3) is 0 Å². The molecule has 2 aromatic rings. The largest absolute Gasteiger partial charge is 0.457 e. The van der Waals surface area contributed by atoms with Crippen molar-refractivity contribution in [1.82, 2.24) is 4.90 Å². The van der Waals surface area contributed by atoms with Crippen molar-refractivity contribution in [3.8, 4) is 11.5 Å². The molecular weight excluding hydrogens is 316 g/mol. The number of ether oxygens (including phenoxy) is 1. The number of anilines is 1. The summed E-state index contributed by atoms with van der Waals surface area (Å²) >= 11 is 0. The Morgan fingerprint density at radius 3 is 2.52 bits per heavy atom. The summed E-state index contributed by atoms with van der Waals surface area (Å²) in [6.45, 7) is 3.72. The molecule has 1 saturated heterocycles. The first kappa shape index (κ1) is 17.5. The topological polar surface area (TPSA) is 61.8 Å². The second kappa shape index (κ2) is 8.14. The highest BCUT2D eigenvalue weighted by Gasteiger charge is 2.29. The Morgan fingerprint density at radius 2 is 1.88 bits per heavy atom. The van der Waals surface area contributed by atoms with Gasteiger partial charge in [0.2, 0.25) is 5.91 Å². The quantitative estimate of drug-likeness (QED) is 0.848. The van der Waals surface area contributed by atoms with Gasteiger partial charge < -0.3 is 15.2 Å². The minimum absolute atomic E-state index is 0.0321. The first-order chi connectivity index (χ1) is 12.2. The highest BCUT2D eigenvalue weighted by atomic mass is 16.5. The summed E-state index contributed by atoms with van der Waals surface area (Å²) in [5.74, 6) is 1.75. The molecule has 1 aliphatic heterocycles. The lowest BCUT2D eigenvalue weighted by Crippen LogP contribution is -2.40. The van der Waals surface area contributed by atoms with Gasteiger partial charge in [0.25, 0.3) is 0 Å². The third-order valence-corrected chi connectivity index (χ3v) is 4.60. The van der Waals surface area contributed by atoms with Crippen LogP contribution in [0.4, 0.5) is 5.69 Å². The summed E-state index contributed by atoms with van der Waals surface area (Å²) < 4.78 is 5.75. The van der Waals surface area contributed by atoms with Gasteiger partial charge in [-0.2, -0.15) is 0 Å². The Labute approximate surface area is 148 Å². The van der Waals surface area contributed by atoms with E-state index in [0.29, 0.717) is 0 Å². The monoisotopic (exact) mass is 340 g/mol. The summed E-state index contributed by atoms with van der Waals surface area (Å²) in [7, 11) is 0. The fourth-order valence-corrected chi connectivity index (χ4v) is 3.01. The lowest BCUT2D eigenvalue weighted by Gasteiger charge is -2.23. The number of likely N-dealkylation sites (tertiary alicyclic amines) is 1. The molecule has 0 radical (unpaired) electrons. The maximum absolute atomic E-state index is 12.4. The van der Waals surface area contributed by atoms with Gasteiger partial charge in [-0.25, -0.2) is 0 Å². The molecule has 1 amide bonds. The van der Waals surface area contributed by atoms with E-state index in [1.54, 1.807) is 0 Å². The van der Waals surface area contributed by atoms with Gasteiger partial charge in [0, 0.05) is 18.8 Å².